The molecule has 2 saturated heterocycles. The summed E-state index contributed by atoms with van der Waals surface area (Å²) >= 11 is 0. The lowest BCUT2D eigenvalue weighted by molar-refractivity contribution is -0.191. The van der Waals surface area contributed by atoms with Gasteiger partial charge in [-0.05, 0) is 31.7 Å². The van der Waals surface area contributed by atoms with Crippen LogP contribution in [-0.4, -0.2) is 49.5 Å². The van der Waals surface area contributed by atoms with Crippen LogP contribution in [0.2, 0.25) is 0 Å². The first-order chi connectivity index (χ1) is 9.07. The summed E-state index contributed by atoms with van der Waals surface area (Å²) in [5.41, 5.74) is 0. The number of halogens is 2. The molecule has 3 rings (SSSR count). The minimum atomic E-state index is -2.45. The van der Waals surface area contributed by atoms with E-state index in [2.05, 4.69) is 4.90 Å². The summed E-state index contributed by atoms with van der Waals surface area (Å²) in [6.45, 7) is 3.82. The van der Waals surface area contributed by atoms with Crippen LogP contribution < -0.4 is 0 Å². The number of likely N-dealkylation sites (tertiary alicyclic amines) is 1. The number of nitrogens with zero attached hydrogens (tertiary/aromatic N) is 1. The van der Waals surface area contributed by atoms with E-state index >= 15 is 0 Å². The Hall–Kier alpha value is -0.260. The van der Waals surface area contributed by atoms with Crippen molar-refractivity contribution in [2.45, 2.75) is 50.2 Å². The molecule has 3 nitrogen and oxygen atoms in total. The van der Waals surface area contributed by atoms with E-state index in [1.807, 2.05) is 0 Å². The summed E-state index contributed by atoms with van der Waals surface area (Å²) in [6.07, 6.45) is 3.68. The summed E-state index contributed by atoms with van der Waals surface area (Å²) in [5.74, 6) is -2.76. The molecule has 0 amide bonds. The molecule has 0 aromatic carbocycles. The first-order valence-corrected chi connectivity index (χ1v) is 7.45. The van der Waals surface area contributed by atoms with Crippen LogP contribution in [0.25, 0.3) is 0 Å². The minimum absolute atomic E-state index is 0.0538. The summed E-state index contributed by atoms with van der Waals surface area (Å²) in [4.78, 5) is 2.26. The molecule has 3 aliphatic rings. The van der Waals surface area contributed by atoms with E-state index in [1.54, 1.807) is 0 Å². The van der Waals surface area contributed by atoms with Crippen molar-refractivity contribution < 1.29 is 18.3 Å². The Labute approximate surface area is 113 Å². The van der Waals surface area contributed by atoms with Crippen molar-refractivity contribution >= 4 is 0 Å². The lowest BCUT2D eigenvalue weighted by Crippen LogP contribution is -2.50. The zero-order valence-corrected chi connectivity index (χ0v) is 11.4. The normalized spacial score (nSPS) is 34.7. The molecule has 0 radical (unpaired) electrons. The summed E-state index contributed by atoms with van der Waals surface area (Å²) < 4.78 is 38.3. The largest absolute Gasteiger partial charge is 0.346 e. The predicted molar refractivity (Wildman–Crippen MR) is 67.2 cm³/mol. The van der Waals surface area contributed by atoms with Gasteiger partial charge in [0.25, 0.3) is 0 Å². The minimum Gasteiger partial charge on any atom is -0.346 e. The van der Waals surface area contributed by atoms with Gasteiger partial charge in [-0.15, -0.1) is 0 Å². The summed E-state index contributed by atoms with van der Waals surface area (Å²) in [7, 11) is 0. The van der Waals surface area contributed by atoms with E-state index in [0.717, 1.165) is 38.9 Å². The molecule has 5 heteroatoms. The molecule has 0 N–H and O–H groups in total. The van der Waals surface area contributed by atoms with Crippen molar-refractivity contribution in [1.29, 1.82) is 0 Å². The first-order valence-electron chi connectivity index (χ1n) is 7.45. The van der Waals surface area contributed by atoms with Crippen LogP contribution in [0.3, 0.4) is 0 Å². The van der Waals surface area contributed by atoms with Crippen LogP contribution in [0.5, 0.6) is 0 Å². The van der Waals surface area contributed by atoms with E-state index in [9.17, 15) is 8.78 Å². The van der Waals surface area contributed by atoms with Gasteiger partial charge in [0.15, 0.2) is 5.79 Å². The molecule has 1 spiro atoms. The second-order valence-electron chi connectivity index (χ2n) is 6.26. The van der Waals surface area contributed by atoms with Crippen LogP contribution in [0.15, 0.2) is 0 Å². The van der Waals surface area contributed by atoms with Crippen LogP contribution in [0, 0.1) is 5.92 Å². The molecule has 19 heavy (non-hydrogen) atoms. The standard InChI is InChI=1S/C14H23F2NO2/c15-13(16)4-1-3-12(9-13)10-17-6-2-5-14(11-17)18-7-8-19-14/h12H,1-11H2. The Balaban J connectivity index is 1.54. The fourth-order valence-electron chi connectivity index (χ4n) is 3.76. The number of rotatable bonds is 2. The maximum Gasteiger partial charge on any atom is 0.248 e. The monoisotopic (exact) mass is 275 g/mol. The number of piperidine rings is 1. The number of ether oxygens (including phenoxy) is 2. The molecule has 1 saturated carbocycles. The highest BCUT2D eigenvalue weighted by Gasteiger charge is 2.42. The van der Waals surface area contributed by atoms with E-state index in [0.29, 0.717) is 19.6 Å². The van der Waals surface area contributed by atoms with Crippen molar-refractivity contribution in [2.75, 3.05) is 32.8 Å². The quantitative estimate of drug-likeness (QED) is 0.773. The average molecular weight is 275 g/mol. The second-order valence-corrected chi connectivity index (χ2v) is 6.26. The zero-order valence-electron chi connectivity index (χ0n) is 11.4. The smallest absolute Gasteiger partial charge is 0.248 e. The summed E-state index contributed by atoms with van der Waals surface area (Å²) in [6, 6.07) is 0. The van der Waals surface area contributed by atoms with Gasteiger partial charge in [-0.2, -0.15) is 0 Å². The highest BCUT2D eigenvalue weighted by molar-refractivity contribution is 4.87. The van der Waals surface area contributed by atoms with E-state index in [-0.39, 0.29) is 18.8 Å². The van der Waals surface area contributed by atoms with E-state index in [4.69, 9.17) is 9.47 Å². The van der Waals surface area contributed by atoms with Gasteiger partial charge in [0.05, 0.1) is 19.8 Å². The van der Waals surface area contributed by atoms with Crippen LogP contribution in [0.4, 0.5) is 8.78 Å². The second kappa shape index (κ2) is 5.26. The van der Waals surface area contributed by atoms with Gasteiger partial charge >= 0.3 is 0 Å². The third kappa shape index (κ3) is 3.26. The molecule has 3 fully saturated rings. The number of hydrogen-bond donors (Lipinski definition) is 0. The predicted octanol–water partition coefficient (Wildman–Crippen LogP) is 2.65. The van der Waals surface area contributed by atoms with E-state index in [1.165, 1.54) is 0 Å². The van der Waals surface area contributed by atoms with Crippen LogP contribution in [-0.2, 0) is 9.47 Å². The third-order valence-electron chi connectivity index (χ3n) is 4.57. The Morgan fingerprint density at radius 3 is 2.63 bits per heavy atom. The molecule has 1 unspecified atom stereocenters. The maximum atomic E-state index is 13.4. The third-order valence-corrected chi connectivity index (χ3v) is 4.57. The molecule has 1 aliphatic carbocycles. The Bertz CT molecular complexity index is 319. The van der Waals surface area contributed by atoms with Crippen molar-refractivity contribution in [3.8, 4) is 0 Å². The van der Waals surface area contributed by atoms with Gasteiger partial charge in [0.1, 0.15) is 0 Å². The Morgan fingerprint density at radius 1 is 1.11 bits per heavy atom. The lowest BCUT2D eigenvalue weighted by atomic mass is 9.85. The molecule has 1 atom stereocenters. The molecular formula is C14H23F2NO2. The van der Waals surface area contributed by atoms with Gasteiger partial charge in [0, 0.05) is 25.8 Å². The first kappa shape index (κ1) is 13.7. The topological polar surface area (TPSA) is 21.7 Å². The fraction of sp³-hybridized carbons (Fsp3) is 1.00. The van der Waals surface area contributed by atoms with Gasteiger partial charge in [-0.3, -0.25) is 4.90 Å². The van der Waals surface area contributed by atoms with Gasteiger partial charge in [-0.1, -0.05) is 0 Å². The summed E-state index contributed by atoms with van der Waals surface area (Å²) in [5, 5.41) is 0. The average Bonchev–Trinajstić information content (AvgIpc) is 2.76. The number of hydrogen-bond acceptors (Lipinski definition) is 3. The molecule has 2 aliphatic heterocycles. The van der Waals surface area contributed by atoms with Crippen molar-refractivity contribution in [2.24, 2.45) is 5.92 Å². The number of alkyl halides is 2. The van der Waals surface area contributed by atoms with Gasteiger partial charge < -0.3 is 9.47 Å². The van der Waals surface area contributed by atoms with Crippen molar-refractivity contribution in [1.82, 2.24) is 4.90 Å². The molecule has 2 heterocycles. The highest BCUT2D eigenvalue weighted by Crippen LogP contribution is 2.38. The lowest BCUT2D eigenvalue weighted by Gasteiger charge is -2.41. The van der Waals surface area contributed by atoms with Crippen LogP contribution in [0.1, 0.15) is 38.5 Å². The van der Waals surface area contributed by atoms with Crippen molar-refractivity contribution in [3.63, 3.8) is 0 Å². The molecule has 110 valence electrons. The molecule has 0 aromatic rings. The van der Waals surface area contributed by atoms with Gasteiger partial charge in [-0.25, -0.2) is 8.78 Å². The Morgan fingerprint density at radius 2 is 1.89 bits per heavy atom. The molecule has 0 bridgehead atoms. The Kier molecular flexibility index (Phi) is 3.80. The highest BCUT2D eigenvalue weighted by atomic mass is 19.3. The van der Waals surface area contributed by atoms with Crippen molar-refractivity contribution in [3.05, 3.63) is 0 Å². The zero-order chi connectivity index (χ0) is 13.3. The van der Waals surface area contributed by atoms with Gasteiger partial charge in [0.2, 0.25) is 5.92 Å². The van der Waals surface area contributed by atoms with Crippen LogP contribution >= 0.6 is 0 Å². The molecule has 0 aromatic heterocycles. The maximum absolute atomic E-state index is 13.4. The fourth-order valence-corrected chi connectivity index (χ4v) is 3.76. The molecular weight excluding hydrogens is 252 g/mol. The van der Waals surface area contributed by atoms with E-state index < -0.39 is 11.7 Å². The SMILES string of the molecule is FC1(F)CCCC(CN2CCCC3(C2)OCCO3)C1.